The van der Waals surface area contributed by atoms with Crippen molar-refractivity contribution in [2.24, 2.45) is 5.92 Å². The Labute approximate surface area is 127 Å². The molecule has 0 saturated heterocycles. The van der Waals surface area contributed by atoms with Crippen LogP contribution in [0.25, 0.3) is 0 Å². The lowest BCUT2D eigenvalue weighted by Gasteiger charge is -2.27. The Morgan fingerprint density at radius 2 is 1.95 bits per heavy atom. The van der Waals surface area contributed by atoms with Crippen molar-refractivity contribution < 1.29 is 14.7 Å². The molecule has 2 rings (SSSR count). The highest BCUT2D eigenvalue weighted by Crippen LogP contribution is 2.40. The Hall–Kier alpha value is -1.26. The number of fused-ring (bicyclic) bond motifs is 1. The van der Waals surface area contributed by atoms with E-state index >= 15 is 0 Å². The van der Waals surface area contributed by atoms with Crippen LogP contribution in [0.2, 0.25) is 10.0 Å². The topological polar surface area (TPSA) is 60.4 Å². The maximum atomic E-state index is 12.4. The molecule has 20 heavy (non-hydrogen) atoms. The van der Waals surface area contributed by atoms with E-state index < -0.39 is 12.0 Å². The standard InChI is InChI=1S/C14H15Cl2NO3/c1-7(2)6-17-12(5-13(18)19)8-3-10(15)11(16)4-9(8)14(17)20/h3-4,7,12H,5-6H2,1-2H3,(H,18,19)/p-1. The molecule has 6 heteroatoms. The third-order valence-electron chi connectivity index (χ3n) is 3.24. The SMILES string of the molecule is CC(C)CN1C(=O)c2cc(Cl)c(Cl)cc2C1CC(=O)[O-]. The van der Waals surface area contributed by atoms with E-state index in [1.54, 1.807) is 11.0 Å². The van der Waals surface area contributed by atoms with Crippen LogP contribution in [0.5, 0.6) is 0 Å². The zero-order valence-corrected chi connectivity index (χ0v) is 12.7. The van der Waals surface area contributed by atoms with E-state index in [2.05, 4.69) is 0 Å². The summed E-state index contributed by atoms with van der Waals surface area (Å²) in [5.74, 6) is -1.18. The molecule has 0 radical (unpaired) electrons. The van der Waals surface area contributed by atoms with Crippen molar-refractivity contribution in [3.8, 4) is 0 Å². The van der Waals surface area contributed by atoms with Crippen LogP contribution < -0.4 is 5.11 Å². The van der Waals surface area contributed by atoms with E-state index in [-0.39, 0.29) is 23.3 Å². The maximum absolute atomic E-state index is 12.4. The monoisotopic (exact) mass is 314 g/mol. The van der Waals surface area contributed by atoms with E-state index in [0.717, 1.165) is 0 Å². The van der Waals surface area contributed by atoms with Crippen molar-refractivity contribution in [3.63, 3.8) is 0 Å². The fourth-order valence-electron chi connectivity index (χ4n) is 2.47. The largest absolute Gasteiger partial charge is 0.550 e. The van der Waals surface area contributed by atoms with Gasteiger partial charge in [0.1, 0.15) is 0 Å². The number of hydrogen-bond donors (Lipinski definition) is 0. The lowest BCUT2D eigenvalue weighted by molar-refractivity contribution is -0.306. The first-order valence-electron chi connectivity index (χ1n) is 6.31. The van der Waals surface area contributed by atoms with Crippen LogP contribution >= 0.6 is 23.2 Å². The molecule has 0 bridgehead atoms. The second-order valence-electron chi connectivity index (χ2n) is 5.30. The summed E-state index contributed by atoms with van der Waals surface area (Å²) in [7, 11) is 0. The van der Waals surface area contributed by atoms with Crippen LogP contribution in [0.3, 0.4) is 0 Å². The number of carbonyl (C=O) groups is 2. The molecule has 1 aliphatic heterocycles. The van der Waals surface area contributed by atoms with Crippen LogP contribution in [0.1, 0.15) is 42.2 Å². The van der Waals surface area contributed by atoms with Gasteiger partial charge < -0.3 is 14.8 Å². The van der Waals surface area contributed by atoms with Crippen molar-refractivity contribution in [3.05, 3.63) is 33.3 Å². The van der Waals surface area contributed by atoms with Gasteiger partial charge >= 0.3 is 0 Å². The Morgan fingerprint density at radius 3 is 2.50 bits per heavy atom. The number of halogens is 2. The Bertz CT molecular complexity index is 572. The highest BCUT2D eigenvalue weighted by atomic mass is 35.5. The van der Waals surface area contributed by atoms with E-state index in [0.29, 0.717) is 22.7 Å². The Balaban J connectivity index is 2.47. The molecule has 108 valence electrons. The minimum absolute atomic E-state index is 0.210. The highest BCUT2D eigenvalue weighted by Gasteiger charge is 2.37. The first kappa shape index (κ1) is 15.1. The van der Waals surface area contributed by atoms with Crippen molar-refractivity contribution in [2.75, 3.05) is 6.54 Å². The smallest absolute Gasteiger partial charge is 0.254 e. The zero-order chi connectivity index (χ0) is 15.0. The van der Waals surface area contributed by atoms with Gasteiger partial charge in [-0.3, -0.25) is 4.79 Å². The summed E-state index contributed by atoms with van der Waals surface area (Å²) in [6, 6.07) is 2.54. The summed E-state index contributed by atoms with van der Waals surface area (Å²) in [5, 5.41) is 11.5. The molecule has 1 amide bonds. The number of amides is 1. The van der Waals surface area contributed by atoms with Gasteiger partial charge in [0.25, 0.3) is 5.91 Å². The molecule has 0 N–H and O–H groups in total. The summed E-state index contributed by atoms with van der Waals surface area (Å²) >= 11 is 11.9. The van der Waals surface area contributed by atoms with Gasteiger partial charge in [-0.2, -0.15) is 0 Å². The van der Waals surface area contributed by atoms with Gasteiger partial charge in [-0.1, -0.05) is 37.0 Å². The molecule has 0 fully saturated rings. The first-order valence-corrected chi connectivity index (χ1v) is 7.06. The second kappa shape index (κ2) is 5.62. The van der Waals surface area contributed by atoms with Crippen LogP contribution in [0, 0.1) is 5.92 Å². The number of carboxylic acids is 1. The molecule has 1 heterocycles. The van der Waals surface area contributed by atoms with Gasteiger partial charge in [0.05, 0.1) is 16.1 Å². The Kier molecular flexibility index (Phi) is 4.25. The number of nitrogens with zero attached hydrogens (tertiary/aromatic N) is 1. The first-order chi connectivity index (χ1) is 9.31. The summed E-state index contributed by atoms with van der Waals surface area (Å²) < 4.78 is 0. The van der Waals surface area contributed by atoms with Gasteiger partial charge in [0, 0.05) is 24.5 Å². The van der Waals surface area contributed by atoms with Gasteiger partial charge in [0.15, 0.2) is 0 Å². The zero-order valence-electron chi connectivity index (χ0n) is 11.2. The maximum Gasteiger partial charge on any atom is 0.254 e. The number of aliphatic carboxylic acids is 1. The predicted octanol–water partition coefficient (Wildman–Crippen LogP) is 2.29. The molecule has 0 aromatic heterocycles. The van der Waals surface area contributed by atoms with Crippen molar-refractivity contribution in [2.45, 2.75) is 26.3 Å². The number of hydrogen-bond acceptors (Lipinski definition) is 3. The van der Waals surface area contributed by atoms with Crippen LogP contribution in [0.15, 0.2) is 12.1 Å². The molecule has 0 aliphatic carbocycles. The van der Waals surface area contributed by atoms with Crippen molar-refractivity contribution >= 4 is 35.1 Å². The van der Waals surface area contributed by atoms with E-state index in [4.69, 9.17) is 23.2 Å². The van der Waals surface area contributed by atoms with E-state index in [1.807, 2.05) is 13.8 Å². The van der Waals surface area contributed by atoms with Gasteiger partial charge in [-0.25, -0.2) is 0 Å². The molecule has 1 aromatic rings. The van der Waals surface area contributed by atoms with Crippen LogP contribution in [-0.4, -0.2) is 23.3 Å². The molecule has 0 saturated carbocycles. The summed E-state index contributed by atoms with van der Waals surface area (Å²) in [6.45, 7) is 4.40. The highest BCUT2D eigenvalue weighted by molar-refractivity contribution is 6.42. The van der Waals surface area contributed by atoms with Crippen molar-refractivity contribution in [1.29, 1.82) is 0 Å². The minimum Gasteiger partial charge on any atom is -0.550 e. The molecule has 1 atom stereocenters. The van der Waals surface area contributed by atoms with Gasteiger partial charge in [-0.15, -0.1) is 0 Å². The molecular formula is C14H14Cl2NO3-. The molecule has 4 nitrogen and oxygen atoms in total. The Morgan fingerprint density at radius 1 is 1.35 bits per heavy atom. The third kappa shape index (κ3) is 2.76. The lowest BCUT2D eigenvalue weighted by atomic mass is 10.0. The van der Waals surface area contributed by atoms with E-state index in [1.165, 1.54) is 6.07 Å². The van der Waals surface area contributed by atoms with E-state index in [9.17, 15) is 14.7 Å². The molecule has 0 spiro atoms. The van der Waals surface area contributed by atoms with Gasteiger partial charge in [0.2, 0.25) is 0 Å². The normalized spacial score (nSPS) is 17.8. The van der Waals surface area contributed by atoms with Gasteiger partial charge in [-0.05, 0) is 23.6 Å². The number of benzene rings is 1. The fraction of sp³-hybridized carbons (Fsp3) is 0.429. The number of carboxylic acid groups (broad SMARTS) is 1. The molecular weight excluding hydrogens is 301 g/mol. The molecule has 1 aliphatic rings. The average molecular weight is 315 g/mol. The predicted molar refractivity (Wildman–Crippen MR) is 74.7 cm³/mol. The molecule has 1 unspecified atom stereocenters. The molecule has 1 aromatic carbocycles. The average Bonchev–Trinajstić information content (AvgIpc) is 2.55. The minimum atomic E-state index is -1.20. The fourth-order valence-corrected chi connectivity index (χ4v) is 2.80. The second-order valence-corrected chi connectivity index (χ2v) is 6.11. The van der Waals surface area contributed by atoms with Crippen molar-refractivity contribution in [1.82, 2.24) is 4.90 Å². The summed E-state index contributed by atoms with van der Waals surface area (Å²) in [6.07, 6.45) is -0.247. The summed E-state index contributed by atoms with van der Waals surface area (Å²) in [5.41, 5.74) is 1.03. The van der Waals surface area contributed by atoms with Crippen LogP contribution in [0.4, 0.5) is 0 Å². The summed E-state index contributed by atoms with van der Waals surface area (Å²) in [4.78, 5) is 24.9. The number of carbonyl (C=O) groups excluding carboxylic acids is 2. The van der Waals surface area contributed by atoms with Crippen LogP contribution in [-0.2, 0) is 4.79 Å². The lowest BCUT2D eigenvalue weighted by Crippen LogP contribution is -2.35. The third-order valence-corrected chi connectivity index (χ3v) is 3.96. The quantitative estimate of drug-likeness (QED) is 0.856. The number of rotatable bonds is 4.